The molecular formula is C33H46N6O4. The number of carbonyl (C=O) groups is 1. The van der Waals surface area contributed by atoms with Gasteiger partial charge in [0.05, 0.1) is 44.0 Å². The van der Waals surface area contributed by atoms with Gasteiger partial charge in [0.2, 0.25) is 0 Å². The highest BCUT2D eigenvalue weighted by atomic mass is 16.5. The zero-order valence-corrected chi connectivity index (χ0v) is 26.0. The number of carbonyl (C=O) groups excluding carboxylic acids is 1. The largest absolute Gasteiger partial charge is 0.395 e. The standard InChI is InChI=1S/C30H42N6O4.C3H4/c1-5-35(15-17-37)16-19-40-18-9-12-26(24-10-7-6-8-11-24)32-29(39)33-28-20-27(30(3,4)22-38)34-36(28)25-14-13-23(2)31-21-25;1-3-2/h6-10,12-14,20-21,37-38H,5,11,15-19,22H2,1-4H3,(H2,32,33,39);1H,2H3/b12-9-,26-24+;. The van der Waals surface area contributed by atoms with E-state index >= 15 is 0 Å². The average Bonchev–Trinajstić information content (AvgIpc) is 3.43. The van der Waals surface area contributed by atoms with Crippen molar-refractivity contribution in [2.24, 2.45) is 0 Å². The Bertz CT molecular complexity index is 1320. The molecule has 2 aromatic heterocycles. The van der Waals surface area contributed by atoms with Gasteiger partial charge in [-0.3, -0.25) is 15.2 Å². The van der Waals surface area contributed by atoms with Crippen molar-refractivity contribution >= 4 is 11.8 Å². The molecule has 0 aliphatic heterocycles. The molecule has 2 heterocycles. The highest BCUT2D eigenvalue weighted by Gasteiger charge is 2.25. The molecule has 3 rings (SSSR count). The highest BCUT2D eigenvalue weighted by molar-refractivity contribution is 5.90. The van der Waals surface area contributed by atoms with E-state index in [9.17, 15) is 9.90 Å². The van der Waals surface area contributed by atoms with Crippen LogP contribution in [0.5, 0.6) is 0 Å². The first-order valence-electron chi connectivity index (χ1n) is 14.4. The van der Waals surface area contributed by atoms with E-state index in [2.05, 4.69) is 44.9 Å². The lowest BCUT2D eigenvalue weighted by Crippen LogP contribution is -2.30. The summed E-state index contributed by atoms with van der Waals surface area (Å²) in [7, 11) is 0. The van der Waals surface area contributed by atoms with E-state index in [4.69, 9.17) is 9.84 Å². The second-order valence-corrected chi connectivity index (χ2v) is 10.5. The van der Waals surface area contributed by atoms with Gasteiger partial charge >= 0.3 is 6.03 Å². The summed E-state index contributed by atoms with van der Waals surface area (Å²) in [4.78, 5) is 19.7. The smallest absolute Gasteiger partial charge is 0.324 e. The normalized spacial score (nSPS) is 13.9. The fourth-order valence-electron chi connectivity index (χ4n) is 3.96. The molecule has 0 radical (unpaired) electrons. The van der Waals surface area contributed by atoms with Crippen LogP contribution in [-0.4, -0.2) is 82.0 Å². The fraction of sp³-hybridized carbons (Fsp3) is 0.424. The Balaban J connectivity index is 0.00000206. The number of aliphatic hydroxyl groups is 2. The van der Waals surface area contributed by atoms with Crippen LogP contribution in [-0.2, 0) is 10.2 Å². The van der Waals surface area contributed by atoms with E-state index in [1.807, 2.05) is 69.4 Å². The first-order valence-corrected chi connectivity index (χ1v) is 14.4. The van der Waals surface area contributed by atoms with Gasteiger partial charge in [0.1, 0.15) is 5.82 Å². The Morgan fingerprint density at radius 1 is 1.28 bits per heavy atom. The lowest BCUT2D eigenvalue weighted by molar-refractivity contribution is 0.115. The van der Waals surface area contributed by atoms with Crippen molar-refractivity contribution in [3.8, 4) is 18.0 Å². The maximum absolute atomic E-state index is 13.2. The number of hydrogen-bond acceptors (Lipinski definition) is 7. The number of nitrogens with zero attached hydrogens (tertiary/aromatic N) is 4. The summed E-state index contributed by atoms with van der Waals surface area (Å²) in [6, 6.07) is 5.11. The number of aliphatic hydroxyl groups excluding tert-OH is 2. The minimum atomic E-state index is -0.600. The molecule has 0 fully saturated rings. The predicted molar refractivity (Wildman–Crippen MR) is 172 cm³/mol. The van der Waals surface area contributed by atoms with Gasteiger partial charge in [-0.05, 0) is 50.6 Å². The van der Waals surface area contributed by atoms with Crippen molar-refractivity contribution < 1.29 is 19.7 Å². The molecule has 10 heteroatoms. The second-order valence-electron chi connectivity index (χ2n) is 10.5. The van der Waals surface area contributed by atoms with Crippen LogP contribution in [0.4, 0.5) is 10.6 Å². The van der Waals surface area contributed by atoms with E-state index in [1.54, 1.807) is 23.9 Å². The molecule has 10 nitrogen and oxygen atoms in total. The van der Waals surface area contributed by atoms with Gasteiger partial charge in [-0.1, -0.05) is 51.2 Å². The molecule has 2 aromatic rings. The number of terminal acetylenes is 1. The lowest BCUT2D eigenvalue weighted by atomic mass is 9.91. The van der Waals surface area contributed by atoms with Gasteiger partial charge in [-0.15, -0.1) is 12.3 Å². The number of aryl methyl sites for hydroxylation is 1. The van der Waals surface area contributed by atoms with E-state index in [1.165, 1.54) is 0 Å². The number of urea groups is 1. The summed E-state index contributed by atoms with van der Waals surface area (Å²) >= 11 is 0. The number of pyridine rings is 1. The Hall–Kier alpha value is -4.01. The number of rotatable bonds is 14. The number of aromatic nitrogens is 3. The Morgan fingerprint density at radius 3 is 2.65 bits per heavy atom. The van der Waals surface area contributed by atoms with E-state index < -0.39 is 11.4 Å². The van der Waals surface area contributed by atoms with Crippen LogP contribution in [0.1, 0.15) is 45.5 Å². The zero-order chi connectivity index (χ0) is 31.7. The third-order valence-electron chi connectivity index (χ3n) is 6.57. The highest BCUT2D eigenvalue weighted by Crippen LogP contribution is 2.26. The summed E-state index contributed by atoms with van der Waals surface area (Å²) < 4.78 is 7.36. The maximum Gasteiger partial charge on any atom is 0.324 e. The average molecular weight is 591 g/mol. The van der Waals surface area contributed by atoms with Crippen molar-refractivity contribution in [1.82, 2.24) is 25.0 Å². The van der Waals surface area contributed by atoms with Crippen LogP contribution < -0.4 is 10.6 Å². The Labute approximate surface area is 255 Å². The molecule has 1 aliphatic carbocycles. The third-order valence-corrected chi connectivity index (χ3v) is 6.57. The maximum atomic E-state index is 13.2. The molecule has 232 valence electrons. The molecular weight excluding hydrogens is 544 g/mol. The number of anilines is 1. The predicted octanol–water partition coefficient (Wildman–Crippen LogP) is 4.26. The number of likely N-dealkylation sites (N-methyl/N-ethyl adjacent to an activating group) is 1. The summed E-state index contributed by atoms with van der Waals surface area (Å²) in [6.07, 6.45) is 18.6. The number of allylic oxidation sites excluding steroid dienone is 6. The van der Waals surface area contributed by atoms with Crippen LogP contribution in [0, 0.1) is 19.3 Å². The third kappa shape index (κ3) is 11.7. The fourth-order valence-corrected chi connectivity index (χ4v) is 3.96. The summed E-state index contributed by atoms with van der Waals surface area (Å²) in [5, 5.41) is 29.6. The first-order chi connectivity index (χ1) is 20.7. The topological polar surface area (TPSA) is 125 Å². The Morgan fingerprint density at radius 2 is 2.05 bits per heavy atom. The van der Waals surface area contributed by atoms with Gasteiger partial charge < -0.3 is 20.3 Å². The van der Waals surface area contributed by atoms with Gasteiger partial charge in [0.25, 0.3) is 0 Å². The molecule has 4 N–H and O–H groups in total. The van der Waals surface area contributed by atoms with Gasteiger partial charge in [0.15, 0.2) is 0 Å². The monoisotopic (exact) mass is 590 g/mol. The molecule has 0 spiro atoms. The lowest BCUT2D eigenvalue weighted by Gasteiger charge is -2.18. The molecule has 0 unspecified atom stereocenters. The number of nitrogens with one attached hydrogen (secondary N) is 2. The number of amides is 2. The number of hydrogen-bond donors (Lipinski definition) is 4. The SMILES string of the molecule is C#CC.CCN(CCO)CCOC/C=C\C(NC(=O)Nc1cc(C(C)(C)CO)nn1-c1ccc(C)nc1)=C1\C=CC=CC1. The minimum absolute atomic E-state index is 0.0946. The summed E-state index contributed by atoms with van der Waals surface area (Å²) in [5.41, 5.74) is 3.23. The van der Waals surface area contributed by atoms with Crippen LogP contribution in [0.3, 0.4) is 0 Å². The molecule has 0 saturated heterocycles. The van der Waals surface area contributed by atoms with Gasteiger partial charge in [-0.25, -0.2) is 9.48 Å². The summed E-state index contributed by atoms with van der Waals surface area (Å²) in [6.45, 7) is 12.6. The van der Waals surface area contributed by atoms with E-state index in [-0.39, 0.29) is 13.2 Å². The summed E-state index contributed by atoms with van der Waals surface area (Å²) in [5.74, 6) is 2.71. The second kappa shape index (κ2) is 18.5. The van der Waals surface area contributed by atoms with Gasteiger partial charge in [-0.2, -0.15) is 5.10 Å². The first kappa shape index (κ1) is 35.2. The van der Waals surface area contributed by atoms with Crippen LogP contribution in [0.2, 0.25) is 0 Å². The van der Waals surface area contributed by atoms with Crippen molar-refractivity contribution in [2.75, 3.05) is 51.4 Å². The molecule has 0 aromatic carbocycles. The van der Waals surface area contributed by atoms with Crippen molar-refractivity contribution in [3.63, 3.8) is 0 Å². The molecule has 0 saturated carbocycles. The van der Waals surface area contributed by atoms with Crippen LogP contribution >= 0.6 is 0 Å². The van der Waals surface area contributed by atoms with Crippen molar-refractivity contribution in [1.29, 1.82) is 0 Å². The van der Waals surface area contributed by atoms with Crippen LogP contribution in [0.25, 0.3) is 5.69 Å². The molecule has 2 amide bonds. The van der Waals surface area contributed by atoms with Gasteiger partial charge in [0, 0.05) is 36.0 Å². The van der Waals surface area contributed by atoms with E-state index in [0.717, 1.165) is 24.4 Å². The Kier molecular flexibility index (Phi) is 15.1. The van der Waals surface area contributed by atoms with Crippen molar-refractivity contribution in [2.45, 2.75) is 46.5 Å². The zero-order valence-electron chi connectivity index (χ0n) is 26.0. The number of ether oxygens (including phenoxy) is 1. The molecule has 0 bridgehead atoms. The molecule has 0 atom stereocenters. The quantitative estimate of drug-likeness (QED) is 0.191. The van der Waals surface area contributed by atoms with Crippen LogP contribution in [0.15, 0.2) is 72.1 Å². The molecule has 1 aliphatic rings. The molecule has 43 heavy (non-hydrogen) atoms. The van der Waals surface area contributed by atoms with E-state index in [0.29, 0.717) is 49.1 Å². The van der Waals surface area contributed by atoms with Crippen molar-refractivity contribution in [3.05, 3.63) is 83.5 Å². The minimum Gasteiger partial charge on any atom is -0.395 e.